The second-order valence-electron chi connectivity index (χ2n) is 7.45. The second-order valence-corrected chi connectivity index (χ2v) is 7.85. The van der Waals surface area contributed by atoms with Gasteiger partial charge in [-0.2, -0.15) is 4.98 Å². The van der Waals surface area contributed by atoms with Crippen molar-refractivity contribution in [3.05, 3.63) is 35.2 Å². The molecule has 0 saturated heterocycles. The molecule has 2 aliphatic rings. The Labute approximate surface area is 157 Å². The molecule has 2 bridgehead atoms. The molecule has 4 rings (SSSR count). The summed E-state index contributed by atoms with van der Waals surface area (Å²) in [6.45, 7) is 2.29. The van der Waals surface area contributed by atoms with Crippen LogP contribution in [0.25, 0.3) is 11.4 Å². The van der Waals surface area contributed by atoms with Gasteiger partial charge in [-0.15, -0.1) is 0 Å². The van der Waals surface area contributed by atoms with Crippen molar-refractivity contribution in [1.82, 2.24) is 20.8 Å². The second kappa shape index (κ2) is 7.27. The number of hydrogen-bond donors (Lipinski definition) is 2. The van der Waals surface area contributed by atoms with E-state index in [0.29, 0.717) is 28.2 Å². The van der Waals surface area contributed by atoms with E-state index in [1.165, 1.54) is 25.7 Å². The zero-order chi connectivity index (χ0) is 18.1. The first kappa shape index (κ1) is 17.3. The molecule has 138 valence electrons. The molecule has 2 N–H and O–H groups in total. The van der Waals surface area contributed by atoms with Crippen molar-refractivity contribution in [3.63, 3.8) is 0 Å². The molecule has 0 spiro atoms. The number of nitrogens with one attached hydrogen (secondary N) is 2. The van der Waals surface area contributed by atoms with Gasteiger partial charge < -0.3 is 15.2 Å². The third kappa shape index (κ3) is 3.56. The normalized spacial score (nSPS) is 25.2. The zero-order valence-electron chi connectivity index (χ0n) is 14.7. The van der Waals surface area contributed by atoms with Crippen LogP contribution < -0.4 is 10.6 Å². The van der Waals surface area contributed by atoms with Crippen molar-refractivity contribution in [2.45, 2.75) is 45.2 Å². The first-order valence-electron chi connectivity index (χ1n) is 9.22. The minimum Gasteiger partial charge on any atom is -0.337 e. The molecule has 4 atom stereocenters. The monoisotopic (exact) mass is 374 g/mol. The molecule has 26 heavy (non-hydrogen) atoms. The van der Waals surface area contributed by atoms with E-state index in [4.69, 9.17) is 16.1 Å². The Kier molecular flexibility index (Phi) is 4.85. The molecule has 0 radical (unpaired) electrons. The molecule has 1 heterocycles. The Morgan fingerprint density at radius 1 is 1.35 bits per heavy atom. The summed E-state index contributed by atoms with van der Waals surface area (Å²) in [6.07, 6.45) is 5.27. The standard InChI is InChI=1S/C19H23ClN4O2/c1-11(15-9-12-6-7-13(15)8-12)22-19(25)21-10-17-23-18(24-26-17)14-4-2-3-5-16(14)20/h2-5,11-13,15H,6-10H2,1H3,(H2,21,22,25)/t11-,12+,13+,15-/m1/s1. The number of aromatic nitrogens is 2. The van der Waals surface area contributed by atoms with E-state index < -0.39 is 0 Å². The fraction of sp³-hybridized carbons (Fsp3) is 0.526. The van der Waals surface area contributed by atoms with E-state index >= 15 is 0 Å². The SMILES string of the molecule is C[C@@H](NC(=O)NCc1nc(-c2ccccc2Cl)no1)[C@H]1C[C@H]2CC[C@H]1C2. The summed E-state index contributed by atoms with van der Waals surface area (Å²) in [5.41, 5.74) is 0.707. The van der Waals surface area contributed by atoms with Gasteiger partial charge in [0.1, 0.15) is 0 Å². The molecule has 7 heteroatoms. The van der Waals surface area contributed by atoms with Crippen molar-refractivity contribution in [3.8, 4) is 11.4 Å². The molecule has 0 aliphatic heterocycles. The number of benzene rings is 1. The Morgan fingerprint density at radius 2 is 2.19 bits per heavy atom. The Bertz CT molecular complexity index is 793. The molecule has 1 aromatic heterocycles. The minimum atomic E-state index is -0.197. The number of fused-ring (bicyclic) bond motifs is 2. The van der Waals surface area contributed by atoms with Crippen molar-refractivity contribution >= 4 is 17.6 Å². The topological polar surface area (TPSA) is 80.0 Å². The maximum atomic E-state index is 12.2. The summed E-state index contributed by atoms with van der Waals surface area (Å²) in [7, 11) is 0. The van der Waals surface area contributed by atoms with Crippen molar-refractivity contribution in [2.75, 3.05) is 0 Å². The maximum Gasteiger partial charge on any atom is 0.315 e. The van der Waals surface area contributed by atoms with Crippen LogP contribution >= 0.6 is 11.6 Å². The molecule has 2 fully saturated rings. The number of halogens is 1. The van der Waals surface area contributed by atoms with Crippen molar-refractivity contribution < 1.29 is 9.32 Å². The van der Waals surface area contributed by atoms with Gasteiger partial charge in [-0.3, -0.25) is 0 Å². The lowest BCUT2D eigenvalue weighted by atomic mass is 9.84. The average molecular weight is 375 g/mol. The summed E-state index contributed by atoms with van der Waals surface area (Å²) < 4.78 is 5.21. The van der Waals surface area contributed by atoms with Gasteiger partial charge in [0.2, 0.25) is 11.7 Å². The molecule has 2 amide bonds. The van der Waals surface area contributed by atoms with Gasteiger partial charge in [0.15, 0.2) is 0 Å². The van der Waals surface area contributed by atoms with Gasteiger partial charge >= 0.3 is 6.03 Å². The van der Waals surface area contributed by atoms with Crippen LogP contribution in [0.1, 0.15) is 38.5 Å². The quantitative estimate of drug-likeness (QED) is 0.828. The molecule has 0 unspecified atom stereocenters. The third-order valence-corrected chi connectivity index (χ3v) is 6.11. The van der Waals surface area contributed by atoms with Gasteiger partial charge in [-0.25, -0.2) is 4.79 Å². The number of nitrogens with zero attached hydrogens (tertiary/aromatic N) is 2. The van der Waals surface area contributed by atoms with E-state index in [1.54, 1.807) is 6.07 Å². The van der Waals surface area contributed by atoms with Crippen molar-refractivity contribution in [2.24, 2.45) is 17.8 Å². The predicted octanol–water partition coefficient (Wildman–Crippen LogP) is 4.01. The van der Waals surface area contributed by atoms with E-state index in [0.717, 1.165) is 11.8 Å². The number of amides is 2. The van der Waals surface area contributed by atoms with Crippen LogP contribution in [0.15, 0.2) is 28.8 Å². The Morgan fingerprint density at radius 3 is 2.92 bits per heavy atom. The number of hydrogen-bond acceptors (Lipinski definition) is 4. The summed E-state index contributed by atoms with van der Waals surface area (Å²) in [6, 6.07) is 7.30. The maximum absolute atomic E-state index is 12.2. The Balaban J connectivity index is 1.29. The molecular weight excluding hydrogens is 352 g/mol. The number of rotatable bonds is 5. The molecular formula is C19H23ClN4O2. The average Bonchev–Trinajstić information content (AvgIpc) is 3.37. The van der Waals surface area contributed by atoms with Crippen LogP contribution in [0.2, 0.25) is 5.02 Å². The van der Waals surface area contributed by atoms with Crippen LogP contribution in [0.4, 0.5) is 4.79 Å². The van der Waals surface area contributed by atoms with E-state index in [9.17, 15) is 4.79 Å². The number of carbonyl (C=O) groups excluding carboxylic acids is 1. The lowest BCUT2D eigenvalue weighted by Crippen LogP contribution is -2.45. The van der Waals surface area contributed by atoms with Crippen LogP contribution in [0.5, 0.6) is 0 Å². The van der Waals surface area contributed by atoms with Crippen LogP contribution in [-0.4, -0.2) is 22.2 Å². The fourth-order valence-corrected chi connectivity index (χ4v) is 4.73. The van der Waals surface area contributed by atoms with E-state index in [2.05, 4.69) is 27.7 Å². The first-order valence-corrected chi connectivity index (χ1v) is 9.60. The molecule has 2 saturated carbocycles. The minimum absolute atomic E-state index is 0.187. The molecule has 2 aliphatic carbocycles. The van der Waals surface area contributed by atoms with Crippen LogP contribution in [0, 0.1) is 17.8 Å². The largest absolute Gasteiger partial charge is 0.337 e. The highest BCUT2D eigenvalue weighted by atomic mass is 35.5. The van der Waals surface area contributed by atoms with Crippen molar-refractivity contribution in [1.29, 1.82) is 0 Å². The summed E-state index contributed by atoms with van der Waals surface area (Å²) in [5, 5.41) is 10.4. The van der Waals surface area contributed by atoms with Gasteiger partial charge in [-0.1, -0.05) is 35.3 Å². The number of urea groups is 1. The van der Waals surface area contributed by atoms with E-state index in [1.807, 2.05) is 18.2 Å². The third-order valence-electron chi connectivity index (χ3n) is 5.78. The van der Waals surface area contributed by atoms with Gasteiger partial charge in [0.25, 0.3) is 0 Å². The predicted molar refractivity (Wildman–Crippen MR) is 98.5 cm³/mol. The zero-order valence-corrected chi connectivity index (χ0v) is 15.5. The smallest absolute Gasteiger partial charge is 0.315 e. The molecule has 6 nitrogen and oxygen atoms in total. The number of carbonyl (C=O) groups is 1. The molecule has 2 aromatic rings. The summed E-state index contributed by atoms with van der Waals surface area (Å²) in [4.78, 5) is 16.5. The lowest BCUT2D eigenvalue weighted by Gasteiger charge is -2.28. The Hall–Kier alpha value is -2.08. The highest BCUT2D eigenvalue weighted by molar-refractivity contribution is 6.33. The highest BCUT2D eigenvalue weighted by Crippen LogP contribution is 2.49. The summed E-state index contributed by atoms with van der Waals surface area (Å²) in [5.74, 6) is 3.03. The van der Waals surface area contributed by atoms with Gasteiger partial charge in [0, 0.05) is 11.6 Å². The van der Waals surface area contributed by atoms with Gasteiger partial charge in [0.05, 0.1) is 11.6 Å². The lowest BCUT2D eigenvalue weighted by molar-refractivity contribution is 0.218. The molecule has 1 aromatic carbocycles. The van der Waals surface area contributed by atoms with Gasteiger partial charge in [-0.05, 0) is 56.1 Å². The fourth-order valence-electron chi connectivity index (χ4n) is 4.51. The first-order chi connectivity index (χ1) is 12.6. The highest BCUT2D eigenvalue weighted by Gasteiger charge is 2.42. The van der Waals surface area contributed by atoms with E-state index in [-0.39, 0.29) is 18.6 Å². The summed E-state index contributed by atoms with van der Waals surface area (Å²) >= 11 is 6.14. The van der Waals surface area contributed by atoms with Crippen LogP contribution in [0.3, 0.4) is 0 Å². The van der Waals surface area contributed by atoms with Crippen LogP contribution in [-0.2, 0) is 6.54 Å².